The quantitative estimate of drug-likeness (QED) is 0.170. The number of rotatable bonds is 5. The fourth-order valence-electron chi connectivity index (χ4n) is 8.31. The van der Waals surface area contributed by atoms with E-state index in [0.717, 1.165) is 18.5 Å². The maximum Gasteiger partial charge on any atom is 0.221 e. The summed E-state index contributed by atoms with van der Waals surface area (Å²) in [6.45, 7) is 9.37. The van der Waals surface area contributed by atoms with Crippen molar-refractivity contribution in [3.8, 4) is 39.2 Å². The van der Waals surface area contributed by atoms with Gasteiger partial charge in [-0.1, -0.05) is 117 Å². The summed E-state index contributed by atoms with van der Waals surface area (Å²) < 4.78 is 4.97. The molecule has 0 N–H and O–H groups in total. The first-order valence-corrected chi connectivity index (χ1v) is 17.1. The van der Waals surface area contributed by atoms with Gasteiger partial charge in [0.05, 0.1) is 22.0 Å². The third-order valence-electron chi connectivity index (χ3n) is 10.9. The van der Waals surface area contributed by atoms with Gasteiger partial charge in [0.15, 0.2) is 11.7 Å². The molecular formula is C46H37N2+. The molecule has 0 aliphatic carbocycles. The number of benzene rings is 6. The number of allylic oxidation sites excluding steroid dienone is 1. The fourth-order valence-corrected chi connectivity index (χ4v) is 8.31. The molecule has 230 valence electrons. The van der Waals surface area contributed by atoms with Crippen molar-refractivity contribution in [2.45, 2.75) is 32.2 Å². The third-order valence-corrected chi connectivity index (χ3v) is 10.9. The molecule has 0 atom stereocenters. The minimum atomic E-state index is -0.164. The zero-order valence-corrected chi connectivity index (χ0v) is 27.4. The van der Waals surface area contributed by atoms with Gasteiger partial charge in [0.25, 0.3) is 0 Å². The van der Waals surface area contributed by atoms with Crippen molar-refractivity contribution in [3.05, 3.63) is 164 Å². The standard InChI is InChI=1S/C46H37N2/c1-4-46(5-2)31(3)38-23-22-37(30-42(38)45-39-19-13-12-18-34(39)26-27-47(45)46)48-43-24-20-35(32-14-8-6-9-15-32)28-40(43)41-29-36(21-25-44(41)48)33-16-10-7-11-17-33/h6-30H,3-5H2,1-2H3/q+1. The molecule has 2 aromatic heterocycles. The van der Waals surface area contributed by atoms with Gasteiger partial charge in [0, 0.05) is 40.9 Å². The second kappa shape index (κ2) is 10.9. The molecule has 1 aliphatic heterocycles. The SMILES string of the molecule is C=C1c2ccc(-n3c4ccc(-c5ccccc5)cc4c4cc(-c5ccccc5)ccc43)cc2-c2c3ccccc3cc[n+]2C1(CC)CC. The lowest BCUT2D eigenvalue weighted by Gasteiger charge is -2.35. The first-order chi connectivity index (χ1) is 23.6. The molecule has 0 fully saturated rings. The van der Waals surface area contributed by atoms with Gasteiger partial charge in [-0.25, -0.2) is 0 Å². The van der Waals surface area contributed by atoms with E-state index in [4.69, 9.17) is 6.58 Å². The monoisotopic (exact) mass is 617 g/mol. The normalized spacial score (nSPS) is 13.6. The lowest BCUT2D eigenvalue weighted by Crippen LogP contribution is -2.59. The molecule has 0 saturated heterocycles. The van der Waals surface area contributed by atoms with Crippen molar-refractivity contribution in [1.29, 1.82) is 0 Å². The van der Waals surface area contributed by atoms with Crippen LogP contribution in [0, 0.1) is 0 Å². The molecule has 0 unspecified atom stereocenters. The van der Waals surface area contributed by atoms with Crippen LogP contribution in [0.2, 0.25) is 0 Å². The van der Waals surface area contributed by atoms with Crippen molar-refractivity contribution in [2.75, 3.05) is 0 Å². The Kier molecular flexibility index (Phi) is 6.48. The maximum atomic E-state index is 4.77. The fraction of sp³-hybridized carbons (Fsp3) is 0.109. The lowest BCUT2D eigenvalue weighted by molar-refractivity contribution is -0.740. The van der Waals surface area contributed by atoms with Crippen molar-refractivity contribution in [1.82, 2.24) is 4.57 Å². The minimum absolute atomic E-state index is 0.164. The van der Waals surface area contributed by atoms with Gasteiger partial charge in [0.1, 0.15) is 0 Å². The highest BCUT2D eigenvalue weighted by molar-refractivity contribution is 6.12. The Morgan fingerprint density at radius 2 is 1.12 bits per heavy atom. The molecule has 9 rings (SSSR count). The maximum absolute atomic E-state index is 4.77. The second-order valence-corrected chi connectivity index (χ2v) is 13.1. The van der Waals surface area contributed by atoms with E-state index >= 15 is 0 Å². The average molecular weight is 618 g/mol. The zero-order valence-electron chi connectivity index (χ0n) is 27.4. The van der Waals surface area contributed by atoms with Gasteiger partial charge < -0.3 is 4.57 Å². The smallest absolute Gasteiger partial charge is 0.221 e. The minimum Gasteiger partial charge on any atom is -0.309 e. The summed E-state index contributed by atoms with van der Waals surface area (Å²) in [5.41, 5.74) is 13.2. The van der Waals surface area contributed by atoms with Crippen molar-refractivity contribution < 1.29 is 4.57 Å². The van der Waals surface area contributed by atoms with Crippen molar-refractivity contribution >= 4 is 38.2 Å². The Balaban J connectivity index is 1.33. The van der Waals surface area contributed by atoms with E-state index in [1.165, 1.54) is 77.2 Å². The molecule has 0 amide bonds. The highest BCUT2D eigenvalue weighted by Gasteiger charge is 2.47. The van der Waals surface area contributed by atoms with E-state index in [-0.39, 0.29) is 5.54 Å². The topological polar surface area (TPSA) is 8.81 Å². The number of pyridine rings is 1. The van der Waals surface area contributed by atoms with Crippen LogP contribution in [0.15, 0.2) is 158 Å². The molecular weight excluding hydrogens is 581 g/mol. The average Bonchev–Trinajstić information content (AvgIpc) is 3.48. The summed E-state index contributed by atoms with van der Waals surface area (Å²) in [6, 6.07) is 53.4. The molecule has 2 heteroatoms. The van der Waals surface area contributed by atoms with Gasteiger partial charge in [-0.05, 0) is 75.7 Å². The first-order valence-electron chi connectivity index (χ1n) is 17.1. The Bertz CT molecular complexity index is 2440. The van der Waals surface area contributed by atoms with Crippen LogP contribution in [0.3, 0.4) is 0 Å². The van der Waals surface area contributed by atoms with E-state index < -0.39 is 0 Å². The Morgan fingerprint density at radius 3 is 1.73 bits per heavy atom. The van der Waals surface area contributed by atoms with Gasteiger partial charge in [-0.3, -0.25) is 0 Å². The summed E-state index contributed by atoms with van der Waals surface area (Å²) >= 11 is 0. The molecule has 3 heterocycles. The summed E-state index contributed by atoms with van der Waals surface area (Å²) in [5.74, 6) is 0. The van der Waals surface area contributed by atoms with Crippen molar-refractivity contribution in [3.63, 3.8) is 0 Å². The molecule has 0 saturated carbocycles. The van der Waals surface area contributed by atoms with E-state index in [1.54, 1.807) is 0 Å². The second-order valence-electron chi connectivity index (χ2n) is 13.1. The van der Waals surface area contributed by atoms with Crippen LogP contribution in [0.25, 0.3) is 77.3 Å². The summed E-state index contributed by atoms with van der Waals surface area (Å²) in [6.07, 6.45) is 4.27. The van der Waals surface area contributed by atoms with E-state index in [2.05, 4.69) is 175 Å². The molecule has 1 aliphatic rings. The Labute approximate surface area is 281 Å². The van der Waals surface area contributed by atoms with Gasteiger partial charge in [-0.15, -0.1) is 0 Å². The van der Waals surface area contributed by atoms with E-state index in [0.29, 0.717) is 0 Å². The molecule has 6 aromatic carbocycles. The predicted molar refractivity (Wildman–Crippen MR) is 202 cm³/mol. The van der Waals surface area contributed by atoms with Gasteiger partial charge >= 0.3 is 0 Å². The lowest BCUT2D eigenvalue weighted by atomic mass is 9.75. The zero-order chi connectivity index (χ0) is 32.4. The predicted octanol–water partition coefficient (Wildman–Crippen LogP) is 11.8. The third kappa shape index (κ3) is 4.09. The Morgan fingerprint density at radius 1 is 0.542 bits per heavy atom. The van der Waals surface area contributed by atoms with Crippen LogP contribution in [-0.4, -0.2) is 4.57 Å². The summed E-state index contributed by atoms with van der Waals surface area (Å²) in [7, 11) is 0. The van der Waals surface area contributed by atoms with Crippen molar-refractivity contribution in [2.24, 2.45) is 0 Å². The molecule has 0 spiro atoms. The van der Waals surface area contributed by atoms with E-state index in [9.17, 15) is 0 Å². The highest BCUT2D eigenvalue weighted by Crippen LogP contribution is 2.47. The number of aromatic nitrogens is 2. The first kappa shape index (κ1) is 28.5. The number of hydrogen-bond donors (Lipinski definition) is 0. The molecule has 2 nitrogen and oxygen atoms in total. The molecule has 0 bridgehead atoms. The Hall–Kier alpha value is -5.73. The number of nitrogens with zero attached hydrogens (tertiary/aromatic N) is 2. The van der Waals surface area contributed by atoms with Gasteiger partial charge in [-0.2, -0.15) is 4.57 Å². The molecule has 48 heavy (non-hydrogen) atoms. The van der Waals surface area contributed by atoms with Crippen LogP contribution >= 0.6 is 0 Å². The van der Waals surface area contributed by atoms with Crippen LogP contribution in [0.5, 0.6) is 0 Å². The molecule has 8 aromatic rings. The number of hydrogen-bond acceptors (Lipinski definition) is 0. The van der Waals surface area contributed by atoms with Crippen LogP contribution in [0.4, 0.5) is 0 Å². The van der Waals surface area contributed by atoms with Gasteiger partial charge in [0.2, 0.25) is 5.69 Å². The van der Waals surface area contributed by atoms with E-state index in [1.807, 2.05) is 0 Å². The van der Waals surface area contributed by atoms with Crippen LogP contribution < -0.4 is 4.57 Å². The highest BCUT2D eigenvalue weighted by atomic mass is 15.1. The number of fused-ring (bicyclic) bond motifs is 8. The van der Waals surface area contributed by atoms with Crippen LogP contribution in [-0.2, 0) is 5.54 Å². The molecule has 0 radical (unpaired) electrons. The largest absolute Gasteiger partial charge is 0.309 e. The van der Waals surface area contributed by atoms with Crippen LogP contribution in [0.1, 0.15) is 32.3 Å². The summed E-state index contributed by atoms with van der Waals surface area (Å²) in [5, 5.41) is 5.04. The summed E-state index contributed by atoms with van der Waals surface area (Å²) in [4.78, 5) is 0.